The predicted molar refractivity (Wildman–Crippen MR) is 121 cm³/mol. The van der Waals surface area contributed by atoms with Crippen LogP contribution in [0.5, 0.6) is 5.75 Å². The van der Waals surface area contributed by atoms with Gasteiger partial charge < -0.3 is 9.64 Å². The molecule has 1 amide bonds. The second kappa shape index (κ2) is 10.9. The summed E-state index contributed by atoms with van der Waals surface area (Å²) < 4.78 is 32.8. The summed E-state index contributed by atoms with van der Waals surface area (Å²) in [5.74, 6) is 0.815. The van der Waals surface area contributed by atoms with Crippen molar-refractivity contribution in [2.75, 3.05) is 45.9 Å². The van der Waals surface area contributed by atoms with Crippen molar-refractivity contribution in [3.05, 3.63) is 59.1 Å². The molecule has 168 valence electrons. The first-order valence-electron chi connectivity index (χ1n) is 10.3. The Balaban J connectivity index is 1.34. The number of aryl methyl sites for hydroxylation is 1. The number of halogens is 1. The van der Waals surface area contributed by atoms with Gasteiger partial charge in [0.15, 0.2) is 0 Å². The molecule has 2 aromatic rings. The number of piperazine rings is 1. The summed E-state index contributed by atoms with van der Waals surface area (Å²) in [6, 6.07) is 13.9. The van der Waals surface area contributed by atoms with E-state index in [1.165, 1.54) is 29.8 Å². The average Bonchev–Trinajstić information content (AvgIpc) is 2.76. The first-order chi connectivity index (χ1) is 14.8. The van der Waals surface area contributed by atoms with Crippen LogP contribution in [0, 0.1) is 6.92 Å². The van der Waals surface area contributed by atoms with Crippen molar-refractivity contribution < 1.29 is 17.9 Å². The van der Waals surface area contributed by atoms with Gasteiger partial charge in [-0.25, -0.2) is 13.1 Å². The molecule has 1 fully saturated rings. The van der Waals surface area contributed by atoms with E-state index in [1.54, 1.807) is 4.90 Å². The fourth-order valence-corrected chi connectivity index (χ4v) is 4.45. The van der Waals surface area contributed by atoms with Crippen molar-refractivity contribution >= 4 is 27.5 Å². The number of carbonyl (C=O) groups excluding carboxylic acids is 1. The summed E-state index contributed by atoms with van der Waals surface area (Å²) in [6.07, 6.45) is 0.128. The Hall–Kier alpha value is -2.13. The summed E-state index contributed by atoms with van der Waals surface area (Å²) in [7, 11) is -3.65. The highest BCUT2D eigenvalue weighted by molar-refractivity contribution is 7.89. The third-order valence-corrected chi connectivity index (χ3v) is 6.91. The molecule has 2 aromatic carbocycles. The summed E-state index contributed by atoms with van der Waals surface area (Å²) in [5, 5.41) is 0.468. The third kappa shape index (κ3) is 7.21. The van der Waals surface area contributed by atoms with Crippen LogP contribution in [0.3, 0.4) is 0 Å². The smallest absolute Gasteiger partial charge is 0.240 e. The monoisotopic (exact) mass is 465 g/mol. The van der Waals surface area contributed by atoms with Crippen LogP contribution < -0.4 is 9.46 Å². The normalized spacial score (nSPS) is 15.1. The Morgan fingerprint density at radius 1 is 1.03 bits per heavy atom. The van der Waals surface area contributed by atoms with Crippen LogP contribution in [0.25, 0.3) is 0 Å². The lowest BCUT2D eigenvalue weighted by Crippen LogP contribution is -2.50. The lowest BCUT2D eigenvalue weighted by molar-refractivity contribution is -0.132. The van der Waals surface area contributed by atoms with E-state index in [0.717, 1.165) is 25.4 Å². The molecule has 0 saturated carbocycles. The van der Waals surface area contributed by atoms with Gasteiger partial charge in [0.2, 0.25) is 15.9 Å². The number of nitrogens with one attached hydrogen (secondary N) is 1. The van der Waals surface area contributed by atoms with Crippen molar-refractivity contribution in [2.45, 2.75) is 18.2 Å². The standard InChI is InChI=1S/C22H28ClN3O4S/c1-18-2-6-20(7-3-18)30-17-16-25-12-14-26(15-13-25)22(27)10-11-24-31(28,29)21-8-4-19(23)5-9-21/h2-9,24H,10-17H2,1H3. The lowest BCUT2D eigenvalue weighted by atomic mass is 10.2. The molecule has 9 heteroatoms. The zero-order valence-electron chi connectivity index (χ0n) is 17.6. The van der Waals surface area contributed by atoms with Crippen molar-refractivity contribution in [1.29, 1.82) is 0 Å². The van der Waals surface area contributed by atoms with Gasteiger partial charge in [0.1, 0.15) is 12.4 Å². The van der Waals surface area contributed by atoms with Crippen molar-refractivity contribution in [2.24, 2.45) is 0 Å². The highest BCUT2D eigenvalue weighted by atomic mass is 35.5. The van der Waals surface area contributed by atoms with E-state index < -0.39 is 10.0 Å². The average molecular weight is 466 g/mol. The molecule has 1 heterocycles. The van der Waals surface area contributed by atoms with E-state index in [4.69, 9.17) is 16.3 Å². The van der Waals surface area contributed by atoms with Crippen LogP contribution in [-0.2, 0) is 14.8 Å². The number of carbonyl (C=O) groups is 1. The summed E-state index contributed by atoms with van der Waals surface area (Å²) in [5.41, 5.74) is 1.20. The van der Waals surface area contributed by atoms with Gasteiger partial charge in [0.25, 0.3) is 0 Å². The minimum absolute atomic E-state index is 0.0469. The third-order valence-electron chi connectivity index (χ3n) is 5.18. The van der Waals surface area contributed by atoms with Gasteiger partial charge in [0, 0.05) is 50.7 Å². The first-order valence-corrected chi connectivity index (χ1v) is 12.1. The van der Waals surface area contributed by atoms with E-state index in [9.17, 15) is 13.2 Å². The van der Waals surface area contributed by atoms with Crippen LogP contribution >= 0.6 is 11.6 Å². The molecule has 0 spiro atoms. The van der Waals surface area contributed by atoms with E-state index in [0.29, 0.717) is 24.7 Å². The van der Waals surface area contributed by atoms with Gasteiger partial charge in [-0.1, -0.05) is 29.3 Å². The molecule has 0 unspecified atom stereocenters. The molecule has 1 aliphatic heterocycles. The molecule has 0 radical (unpaired) electrons. The summed E-state index contributed by atoms with van der Waals surface area (Å²) in [4.78, 5) is 16.6. The fraction of sp³-hybridized carbons (Fsp3) is 0.409. The largest absolute Gasteiger partial charge is 0.492 e. The SMILES string of the molecule is Cc1ccc(OCCN2CCN(C(=O)CCNS(=O)(=O)c3ccc(Cl)cc3)CC2)cc1. The predicted octanol–water partition coefficient (Wildman–Crippen LogP) is 2.54. The number of sulfonamides is 1. The maximum Gasteiger partial charge on any atom is 0.240 e. The van der Waals surface area contributed by atoms with E-state index in [1.807, 2.05) is 31.2 Å². The number of ether oxygens (including phenoxy) is 1. The minimum atomic E-state index is -3.65. The Labute approximate surface area is 189 Å². The number of amides is 1. The number of nitrogens with zero attached hydrogens (tertiary/aromatic N) is 2. The van der Waals surface area contributed by atoms with Gasteiger partial charge in [-0.15, -0.1) is 0 Å². The molecule has 1 aliphatic rings. The second-order valence-electron chi connectivity index (χ2n) is 7.49. The Kier molecular flexibility index (Phi) is 8.31. The molecule has 1 saturated heterocycles. The second-order valence-corrected chi connectivity index (χ2v) is 9.69. The van der Waals surface area contributed by atoms with E-state index in [-0.39, 0.29) is 23.8 Å². The highest BCUT2D eigenvalue weighted by Gasteiger charge is 2.21. The fourth-order valence-electron chi connectivity index (χ4n) is 3.30. The first kappa shape index (κ1) is 23.5. The molecule has 31 heavy (non-hydrogen) atoms. The van der Waals surface area contributed by atoms with E-state index in [2.05, 4.69) is 9.62 Å². The van der Waals surface area contributed by atoms with Gasteiger partial charge in [0.05, 0.1) is 4.90 Å². The van der Waals surface area contributed by atoms with Gasteiger partial charge >= 0.3 is 0 Å². The maximum atomic E-state index is 12.4. The zero-order valence-corrected chi connectivity index (χ0v) is 19.2. The van der Waals surface area contributed by atoms with Crippen molar-refractivity contribution in [1.82, 2.24) is 14.5 Å². The summed E-state index contributed by atoms with van der Waals surface area (Å²) in [6.45, 7) is 6.33. The van der Waals surface area contributed by atoms with Crippen molar-refractivity contribution in [3.8, 4) is 5.75 Å². The number of hydrogen-bond donors (Lipinski definition) is 1. The van der Waals surface area contributed by atoms with Crippen molar-refractivity contribution in [3.63, 3.8) is 0 Å². The topological polar surface area (TPSA) is 79.0 Å². The van der Waals surface area contributed by atoms with Gasteiger partial charge in [-0.2, -0.15) is 0 Å². The summed E-state index contributed by atoms with van der Waals surface area (Å²) >= 11 is 5.79. The lowest BCUT2D eigenvalue weighted by Gasteiger charge is -2.34. The molecule has 3 rings (SSSR count). The van der Waals surface area contributed by atoms with Crippen LogP contribution in [0.15, 0.2) is 53.4 Å². The number of benzene rings is 2. The molecule has 0 aliphatic carbocycles. The van der Waals surface area contributed by atoms with Gasteiger partial charge in [-0.3, -0.25) is 9.69 Å². The number of hydrogen-bond acceptors (Lipinski definition) is 5. The van der Waals surface area contributed by atoms with Crippen LogP contribution in [0.4, 0.5) is 0 Å². The Morgan fingerprint density at radius 2 is 1.68 bits per heavy atom. The Bertz CT molecular complexity index is 957. The molecule has 0 atom stereocenters. The van der Waals surface area contributed by atoms with Crippen LogP contribution in [-0.4, -0.2) is 70.0 Å². The highest BCUT2D eigenvalue weighted by Crippen LogP contribution is 2.14. The Morgan fingerprint density at radius 3 is 2.32 bits per heavy atom. The van der Waals surface area contributed by atoms with E-state index >= 15 is 0 Å². The zero-order chi connectivity index (χ0) is 22.3. The van der Waals surface area contributed by atoms with Crippen LogP contribution in [0.2, 0.25) is 5.02 Å². The molecular weight excluding hydrogens is 438 g/mol. The molecule has 0 bridgehead atoms. The molecular formula is C22H28ClN3O4S. The molecule has 0 aromatic heterocycles. The number of rotatable bonds is 9. The quantitative estimate of drug-likeness (QED) is 0.615. The van der Waals surface area contributed by atoms with Crippen LogP contribution in [0.1, 0.15) is 12.0 Å². The maximum absolute atomic E-state index is 12.4. The van der Waals surface area contributed by atoms with Gasteiger partial charge in [-0.05, 0) is 43.3 Å². The molecule has 1 N–H and O–H groups in total. The molecule has 7 nitrogen and oxygen atoms in total. The minimum Gasteiger partial charge on any atom is -0.492 e.